The van der Waals surface area contributed by atoms with Crippen LogP contribution in [0.15, 0.2) is 0 Å². The molecule has 0 bridgehead atoms. The zero-order valence-electron chi connectivity index (χ0n) is 18.4. The van der Waals surface area contributed by atoms with Crippen molar-refractivity contribution in [1.29, 1.82) is 0 Å². The van der Waals surface area contributed by atoms with Gasteiger partial charge in [0.2, 0.25) is 0 Å². The average Bonchev–Trinajstić information content (AvgIpc) is 2.55. The van der Waals surface area contributed by atoms with Crippen LogP contribution in [-0.4, -0.2) is 25.2 Å². The van der Waals surface area contributed by atoms with Crippen molar-refractivity contribution in [1.82, 2.24) is 0 Å². The maximum absolute atomic E-state index is 5.06. The molecule has 160 valence electrons. The van der Waals surface area contributed by atoms with Crippen molar-refractivity contribution in [3.63, 3.8) is 0 Å². The van der Waals surface area contributed by atoms with Crippen molar-refractivity contribution >= 4 is 18.6 Å². The summed E-state index contributed by atoms with van der Waals surface area (Å²) in [5, 5.41) is 10.1. The van der Waals surface area contributed by atoms with Crippen LogP contribution in [-0.2, 0) is 17.0 Å². The van der Waals surface area contributed by atoms with Crippen LogP contribution >= 0.6 is 18.6 Å². The van der Waals surface area contributed by atoms with Gasteiger partial charge in [-0.05, 0) is 37.5 Å². The third kappa shape index (κ3) is 9.71. The number of hydrogen-bond donors (Lipinski definition) is 0. The van der Waals surface area contributed by atoms with E-state index in [0.717, 1.165) is 48.6 Å². The van der Waals surface area contributed by atoms with E-state index < -0.39 is 17.0 Å². The van der Waals surface area contributed by atoms with E-state index in [0.29, 0.717) is 12.1 Å². The Morgan fingerprint density at radius 3 is 1.15 bits per heavy atom. The quantitative estimate of drug-likeness (QED) is 0.276. The molecule has 0 aliphatic heterocycles. The number of rotatable bonds is 7. The van der Waals surface area contributed by atoms with Crippen LogP contribution in [0.4, 0.5) is 0 Å². The van der Waals surface area contributed by atoms with Crippen LogP contribution < -0.4 is 0 Å². The van der Waals surface area contributed by atoms with Gasteiger partial charge in [0.1, 0.15) is 0 Å². The second-order valence-electron chi connectivity index (χ2n) is 9.63. The summed E-state index contributed by atoms with van der Waals surface area (Å²) in [5.41, 5.74) is 0. The molecule has 0 aromatic rings. The standard InChI is InChI=1S/C22H42N2.2ClH.Ti/c1-15-11-17(3)21(18(4)12-15)23-9-7-8-10-24-22-19(5)13-16(2)14-20(22)6;;;/h15-22H,7-14H2,1-6H3;2*1H;/q-2;;;+2/p-2. The molecule has 0 aromatic carbocycles. The van der Waals surface area contributed by atoms with Crippen molar-refractivity contribution in [3.05, 3.63) is 10.6 Å². The van der Waals surface area contributed by atoms with Gasteiger partial charge in [-0.15, -0.1) is 25.2 Å². The molecule has 5 heteroatoms. The van der Waals surface area contributed by atoms with Crippen LogP contribution in [0.5, 0.6) is 0 Å². The van der Waals surface area contributed by atoms with Crippen LogP contribution in [0.2, 0.25) is 0 Å². The van der Waals surface area contributed by atoms with Crippen molar-refractivity contribution in [2.75, 3.05) is 13.1 Å². The Labute approximate surface area is 186 Å². The molecule has 0 spiro atoms. The fourth-order valence-electron chi connectivity index (χ4n) is 5.83. The number of unbranched alkanes of at least 4 members (excludes halogenated alkanes) is 1. The Bertz CT molecular complexity index is 327. The molecule has 4 unspecified atom stereocenters. The van der Waals surface area contributed by atoms with Gasteiger partial charge >= 0.3 is 35.6 Å². The second-order valence-corrected chi connectivity index (χ2v) is 12.2. The predicted molar refractivity (Wildman–Crippen MR) is 118 cm³/mol. The van der Waals surface area contributed by atoms with Crippen LogP contribution in [0.25, 0.3) is 10.6 Å². The van der Waals surface area contributed by atoms with Gasteiger partial charge in [0.05, 0.1) is 0 Å². The Morgan fingerprint density at radius 2 is 0.889 bits per heavy atom. The third-order valence-electron chi connectivity index (χ3n) is 6.67. The average molecular weight is 453 g/mol. The molecular weight excluding hydrogens is 411 g/mol. The Hall–Kier alpha value is 1.21. The summed E-state index contributed by atoms with van der Waals surface area (Å²) < 4.78 is 0. The fourth-order valence-corrected chi connectivity index (χ4v) is 5.83. The monoisotopic (exact) mass is 452 g/mol. The van der Waals surface area contributed by atoms with E-state index in [1.54, 1.807) is 0 Å². The summed E-state index contributed by atoms with van der Waals surface area (Å²) in [6.07, 6.45) is 7.91. The van der Waals surface area contributed by atoms with Gasteiger partial charge in [-0.1, -0.05) is 78.1 Å². The second kappa shape index (κ2) is 14.3. The molecule has 2 saturated carbocycles. The summed E-state index contributed by atoms with van der Waals surface area (Å²) >= 11 is -0.556. The van der Waals surface area contributed by atoms with Gasteiger partial charge in [0.15, 0.2) is 0 Å². The van der Waals surface area contributed by atoms with E-state index in [2.05, 4.69) is 41.5 Å². The van der Waals surface area contributed by atoms with Crippen molar-refractivity contribution < 1.29 is 17.0 Å². The maximum atomic E-state index is 5.06. The summed E-state index contributed by atoms with van der Waals surface area (Å²) in [5.74, 6) is 4.89. The van der Waals surface area contributed by atoms with E-state index in [9.17, 15) is 0 Å². The van der Waals surface area contributed by atoms with Gasteiger partial charge in [-0.25, -0.2) is 0 Å². The Balaban J connectivity index is 0.00000114. The van der Waals surface area contributed by atoms with Crippen molar-refractivity contribution in [3.8, 4) is 0 Å². The van der Waals surface area contributed by atoms with E-state index >= 15 is 0 Å². The van der Waals surface area contributed by atoms with Crippen molar-refractivity contribution in [2.24, 2.45) is 35.5 Å². The molecule has 4 atom stereocenters. The summed E-state index contributed by atoms with van der Waals surface area (Å²) in [4.78, 5) is 0. The molecular formula is C22H42Cl2N2Ti-2. The first-order valence-electron chi connectivity index (χ1n) is 11.1. The van der Waals surface area contributed by atoms with Gasteiger partial charge in [-0.3, -0.25) is 0 Å². The summed E-state index contributed by atoms with van der Waals surface area (Å²) in [7, 11) is 9.78. The normalized spacial score (nSPS) is 39.4. The molecule has 0 amide bonds. The number of hydrogen-bond acceptors (Lipinski definition) is 0. The van der Waals surface area contributed by atoms with Gasteiger partial charge < -0.3 is 10.6 Å². The van der Waals surface area contributed by atoms with Crippen molar-refractivity contribution in [2.45, 2.75) is 92.2 Å². The first kappa shape index (κ1) is 26.2. The molecule has 2 nitrogen and oxygen atoms in total. The zero-order chi connectivity index (χ0) is 20.4. The Morgan fingerprint density at radius 1 is 0.630 bits per heavy atom. The number of halogens is 2. The van der Waals surface area contributed by atoms with Gasteiger partial charge in [0.25, 0.3) is 0 Å². The summed E-state index contributed by atoms with van der Waals surface area (Å²) in [6.45, 7) is 16.5. The van der Waals surface area contributed by atoms with E-state index in [4.69, 9.17) is 29.2 Å². The Kier molecular flexibility index (Phi) is 13.9. The molecule has 0 N–H and O–H groups in total. The molecule has 0 aromatic heterocycles. The summed E-state index contributed by atoms with van der Waals surface area (Å²) in [6, 6.07) is 1.22. The minimum absolute atomic E-state index is 0.556. The fraction of sp³-hybridized carbons (Fsp3) is 1.00. The minimum atomic E-state index is -0.556. The predicted octanol–water partition coefficient (Wildman–Crippen LogP) is 8.03. The zero-order valence-corrected chi connectivity index (χ0v) is 21.5. The molecule has 0 radical (unpaired) electrons. The molecule has 0 saturated heterocycles. The first-order chi connectivity index (χ1) is 12.8. The molecule has 2 rings (SSSR count). The van der Waals surface area contributed by atoms with Gasteiger partial charge in [0, 0.05) is 0 Å². The topological polar surface area (TPSA) is 28.2 Å². The van der Waals surface area contributed by atoms with E-state index in [-0.39, 0.29) is 0 Å². The molecule has 27 heavy (non-hydrogen) atoms. The third-order valence-corrected chi connectivity index (χ3v) is 6.67. The molecule has 2 aliphatic rings. The molecule has 2 aliphatic carbocycles. The number of nitrogens with zero attached hydrogens (tertiary/aromatic N) is 2. The van der Waals surface area contributed by atoms with Crippen LogP contribution in [0.3, 0.4) is 0 Å². The van der Waals surface area contributed by atoms with Crippen LogP contribution in [0.1, 0.15) is 80.1 Å². The van der Waals surface area contributed by atoms with E-state index in [1.165, 1.54) is 38.5 Å². The van der Waals surface area contributed by atoms with Gasteiger partial charge in [-0.2, -0.15) is 0 Å². The molecule has 2 fully saturated rings. The first-order valence-corrected chi connectivity index (χ1v) is 15.4. The van der Waals surface area contributed by atoms with E-state index in [1.807, 2.05) is 0 Å². The van der Waals surface area contributed by atoms with Crippen LogP contribution in [0, 0.1) is 35.5 Å². The SMILES string of the molecule is CC1CC(C)C([N-]CCCC[N-]C2C(C)CC(C)CC2C)C(C)C1.[Cl][Ti][Cl]. The molecule has 0 heterocycles.